The molecule has 2 heterocycles. The molecule has 1 saturated carbocycles. The van der Waals surface area contributed by atoms with E-state index in [1.165, 1.54) is 6.33 Å². The normalized spacial score (nSPS) is 15.9. The van der Waals surface area contributed by atoms with Crippen LogP contribution >= 0.6 is 0 Å². The average Bonchev–Trinajstić information content (AvgIpc) is 3.16. The maximum Gasteiger partial charge on any atom is 0.226 e. The first-order valence-corrected chi connectivity index (χ1v) is 9.91. The van der Waals surface area contributed by atoms with Gasteiger partial charge in [0.25, 0.3) is 0 Å². The molecule has 1 aliphatic carbocycles. The third-order valence-electron chi connectivity index (χ3n) is 4.77. The first-order chi connectivity index (χ1) is 11.4. The number of aromatic nitrogens is 3. The summed E-state index contributed by atoms with van der Waals surface area (Å²) in [5.41, 5.74) is 2.60. The van der Waals surface area contributed by atoms with Crippen LogP contribution in [0.25, 0.3) is 11.0 Å². The Balaban J connectivity index is 1.69. The van der Waals surface area contributed by atoms with E-state index in [9.17, 15) is 13.2 Å². The van der Waals surface area contributed by atoms with Crippen LogP contribution in [0.4, 0.5) is 5.82 Å². The van der Waals surface area contributed by atoms with E-state index in [0.29, 0.717) is 11.5 Å². The first-order valence-electron chi connectivity index (χ1n) is 8.20. The van der Waals surface area contributed by atoms with Crippen molar-refractivity contribution in [2.75, 3.05) is 11.1 Å². The number of nitrogens with one attached hydrogen (secondary N) is 2. The standard InChI is InChI=1S/C16H22N4O3S/c1-10-11(2)19-15-14(10)16(18-9-17-15)20-13(21)7-8-24(22,23)12-5-3-4-6-12/h9,12H,3-8H2,1-2H3,(H2,17,18,19,20,21). The second-order valence-electron chi connectivity index (χ2n) is 6.39. The van der Waals surface area contributed by atoms with Crippen LogP contribution in [-0.4, -0.2) is 40.3 Å². The minimum absolute atomic E-state index is 0.0488. The number of nitrogens with zero attached hydrogens (tertiary/aromatic N) is 2. The van der Waals surface area contributed by atoms with Crippen molar-refractivity contribution < 1.29 is 13.2 Å². The van der Waals surface area contributed by atoms with Crippen molar-refractivity contribution in [1.29, 1.82) is 0 Å². The number of anilines is 1. The van der Waals surface area contributed by atoms with E-state index in [2.05, 4.69) is 20.3 Å². The van der Waals surface area contributed by atoms with Gasteiger partial charge in [-0.1, -0.05) is 12.8 Å². The first kappa shape index (κ1) is 16.9. The van der Waals surface area contributed by atoms with Crippen LogP contribution in [0.3, 0.4) is 0 Å². The van der Waals surface area contributed by atoms with E-state index in [1.54, 1.807) is 0 Å². The van der Waals surface area contributed by atoms with Gasteiger partial charge in [0.1, 0.15) is 17.8 Å². The predicted molar refractivity (Wildman–Crippen MR) is 92.7 cm³/mol. The molecule has 130 valence electrons. The summed E-state index contributed by atoms with van der Waals surface area (Å²) in [6, 6.07) is 0. The molecule has 0 saturated heterocycles. The van der Waals surface area contributed by atoms with Gasteiger partial charge in [0.2, 0.25) is 5.91 Å². The Morgan fingerprint density at radius 1 is 1.29 bits per heavy atom. The minimum Gasteiger partial charge on any atom is -0.343 e. The van der Waals surface area contributed by atoms with E-state index >= 15 is 0 Å². The zero-order chi connectivity index (χ0) is 17.3. The molecule has 0 spiro atoms. The molecule has 0 radical (unpaired) electrons. The Morgan fingerprint density at radius 2 is 2.00 bits per heavy atom. The zero-order valence-corrected chi connectivity index (χ0v) is 14.7. The highest BCUT2D eigenvalue weighted by Crippen LogP contribution is 2.27. The van der Waals surface area contributed by atoms with Crippen molar-refractivity contribution in [3.05, 3.63) is 17.6 Å². The third kappa shape index (κ3) is 3.28. The summed E-state index contributed by atoms with van der Waals surface area (Å²) in [5.74, 6) is -0.0250. The lowest BCUT2D eigenvalue weighted by Gasteiger charge is -2.11. The lowest BCUT2D eigenvalue weighted by Crippen LogP contribution is -2.24. The SMILES string of the molecule is Cc1[nH]c2ncnc(NC(=O)CCS(=O)(=O)C3CCCC3)c2c1C. The van der Waals surface area contributed by atoms with E-state index in [1.807, 2.05) is 13.8 Å². The molecule has 0 bridgehead atoms. The number of carbonyl (C=O) groups excluding carboxylic acids is 1. The Bertz CT molecular complexity index is 867. The number of aromatic amines is 1. The van der Waals surface area contributed by atoms with Crippen LogP contribution in [-0.2, 0) is 14.6 Å². The highest BCUT2D eigenvalue weighted by molar-refractivity contribution is 7.92. The topological polar surface area (TPSA) is 105 Å². The molecule has 1 amide bonds. The second kappa shape index (κ2) is 6.51. The summed E-state index contributed by atoms with van der Waals surface area (Å²) in [5, 5.41) is 3.22. The second-order valence-corrected chi connectivity index (χ2v) is 8.79. The number of fused-ring (bicyclic) bond motifs is 1. The molecule has 3 rings (SSSR count). The fourth-order valence-corrected chi connectivity index (χ4v) is 5.09. The fourth-order valence-electron chi connectivity index (χ4n) is 3.23. The Labute approximate surface area is 141 Å². The van der Waals surface area contributed by atoms with Crippen LogP contribution in [0.5, 0.6) is 0 Å². The van der Waals surface area contributed by atoms with Gasteiger partial charge in [-0.15, -0.1) is 0 Å². The molecule has 0 unspecified atom stereocenters. The molecule has 1 aliphatic rings. The van der Waals surface area contributed by atoms with Crippen LogP contribution < -0.4 is 5.32 Å². The van der Waals surface area contributed by atoms with Crippen LogP contribution in [0.15, 0.2) is 6.33 Å². The summed E-state index contributed by atoms with van der Waals surface area (Å²) >= 11 is 0. The van der Waals surface area contributed by atoms with Gasteiger partial charge in [-0.05, 0) is 32.3 Å². The quantitative estimate of drug-likeness (QED) is 0.860. The zero-order valence-electron chi connectivity index (χ0n) is 13.9. The largest absolute Gasteiger partial charge is 0.343 e. The van der Waals surface area contributed by atoms with Crippen LogP contribution in [0.1, 0.15) is 43.4 Å². The average molecular weight is 350 g/mol. The van der Waals surface area contributed by atoms with Crippen molar-refractivity contribution in [2.45, 2.75) is 51.2 Å². The fraction of sp³-hybridized carbons (Fsp3) is 0.562. The number of aryl methyl sites for hydroxylation is 2. The smallest absolute Gasteiger partial charge is 0.226 e. The molecular weight excluding hydrogens is 328 g/mol. The van der Waals surface area contributed by atoms with Gasteiger partial charge in [0.05, 0.1) is 16.4 Å². The molecule has 0 aromatic carbocycles. The number of hydrogen-bond acceptors (Lipinski definition) is 5. The third-order valence-corrected chi connectivity index (χ3v) is 7.03. The number of hydrogen-bond donors (Lipinski definition) is 2. The molecular formula is C16H22N4O3S. The van der Waals surface area contributed by atoms with Gasteiger partial charge in [-0.3, -0.25) is 4.79 Å². The molecule has 1 fully saturated rings. The lowest BCUT2D eigenvalue weighted by molar-refractivity contribution is -0.115. The van der Waals surface area contributed by atoms with Crippen molar-refractivity contribution in [2.24, 2.45) is 0 Å². The molecule has 8 heteroatoms. The highest BCUT2D eigenvalue weighted by Gasteiger charge is 2.29. The van der Waals surface area contributed by atoms with E-state index in [-0.39, 0.29) is 23.3 Å². The maximum absolute atomic E-state index is 12.2. The molecule has 0 aliphatic heterocycles. The van der Waals surface area contributed by atoms with Gasteiger partial charge >= 0.3 is 0 Å². The number of carbonyl (C=O) groups is 1. The van der Waals surface area contributed by atoms with Crippen LogP contribution in [0.2, 0.25) is 0 Å². The molecule has 2 aromatic heterocycles. The summed E-state index contributed by atoms with van der Waals surface area (Å²) < 4.78 is 24.5. The number of H-pyrrole nitrogens is 1. The van der Waals surface area contributed by atoms with Crippen molar-refractivity contribution in [3.63, 3.8) is 0 Å². The highest BCUT2D eigenvalue weighted by atomic mass is 32.2. The molecule has 0 atom stereocenters. The lowest BCUT2D eigenvalue weighted by atomic mass is 10.2. The van der Waals surface area contributed by atoms with Crippen molar-refractivity contribution >= 4 is 32.6 Å². The van der Waals surface area contributed by atoms with Crippen LogP contribution in [0, 0.1) is 13.8 Å². The number of rotatable bonds is 5. The number of sulfone groups is 1. The minimum atomic E-state index is -3.19. The predicted octanol–water partition coefficient (Wildman–Crippen LogP) is 2.26. The summed E-state index contributed by atoms with van der Waals surface area (Å²) in [6.07, 6.45) is 4.69. The number of amides is 1. The molecule has 2 aromatic rings. The molecule has 7 nitrogen and oxygen atoms in total. The Kier molecular flexibility index (Phi) is 4.58. The molecule has 24 heavy (non-hydrogen) atoms. The monoisotopic (exact) mass is 350 g/mol. The summed E-state index contributed by atoms with van der Waals surface area (Å²) in [6.45, 7) is 3.86. The Hall–Kier alpha value is -1.96. The molecule has 2 N–H and O–H groups in total. The Morgan fingerprint density at radius 3 is 2.71 bits per heavy atom. The van der Waals surface area contributed by atoms with E-state index in [4.69, 9.17) is 0 Å². The van der Waals surface area contributed by atoms with Crippen molar-refractivity contribution in [3.8, 4) is 0 Å². The summed E-state index contributed by atoms with van der Waals surface area (Å²) in [4.78, 5) is 23.6. The van der Waals surface area contributed by atoms with Gasteiger partial charge in [0.15, 0.2) is 9.84 Å². The van der Waals surface area contributed by atoms with E-state index < -0.39 is 9.84 Å². The van der Waals surface area contributed by atoms with Gasteiger partial charge < -0.3 is 10.3 Å². The van der Waals surface area contributed by atoms with Crippen molar-refractivity contribution in [1.82, 2.24) is 15.0 Å². The maximum atomic E-state index is 12.2. The van der Waals surface area contributed by atoms with Gasteiger partial charge in [-0.25, -0.2) is 18.4 Å². The summed E-state index contributed by atoms with van der Waals surface area (Å²) in [7, 11) is -3.19. The van der Waals surface area contributed by atoms with E-state index in [0.717, 1.165) is 42.3 Å². The van der Waals surface area contributed by atoms with Gasteiger partial charge in [-0.2, -0.15) is 0 Å². The van der Waals surface area contributed by atoms with Gasteiger partial charge in [0, 0.05) is 12.1 Å².